The molecule has 2 rings (SSSR count). The van der Waals surface area contributed by atoms with Crippen LogP contribution in [0.2, 0.25) is 0 Å². The highest BCUT2D eigenvalue weighted by Gasteiger charge is 2.31. The third-order valence-electron chi connectivity index (χ3n) is 3.58. The number of ketones is 1. The molecule has 1 aromatic rings. The number of aliphatic carboxylic acids is 1. The lowest BCUT2D eigenvalue weighted by Gasteiger charge is -2.20. The molecule has 21 heavy (non-hydrogen) atoms. The number of hydrogen-bond donors (Lipinski definition) is 2. The summed E-state index contributed by atoms with van der Waals surface area (Å²) >= 11 is 0. The molecule has 1 amide bonds. The van der Waals surface area contributed by atoms with Gasteiger partial charge in [0.25, 0.3) is 0 Å². The van der Waals surface area contributed by atoms with Crippen molar-refractivity contribution in [1.29, 1.82) is 0 Å². The molecular formula is C15H18N2O4. The first-order chi connectivity index (χ1) is 9.99. The van der Waals surface area contributed by atoms with Crippen LogP contribution < -0.4 is 5.32 Å². The first kappa shape index (κ1) is 15.2. The van der Waals surface area contributed by atoms with Crippen molar-refractivity contribution in [2.24, 2.45) is 0 Å². The Kier molecular flexibility index (Phi) is 4.70. The van der Waals surface area contributed by atoms with Crippen LogP contribution in [-0.2, 0) is 9.59 Å². The predicted molar refractivity (Wildman–Crippen MR) is 77.3 cm³/mol. The zero-order valence-electron chi connectivity index (χ0n) is 11.8. The number of carbonyl (C=O) groups excluding carboxylic acids is 2. The van der Waals surface area contributed by atoms with Gasteiger partial charge in [-0.3, -0.25) is 19.3 Å². The number of likely N-dealkylation sites (tertiary alicyclic amines) is 1. The largest absolute Gasteiger partial charge is 0.480 e. The predicted octanol–water partition coefficient (Wildman–Crippen LogP) is 1.38. The Morgan fingerprint density at radius 1 is 1.33 bits per heavy atom. The fraction of sp³-hybridized carbons (Fsp3) is 0.400. The molecule has 0 spiro atoms. The maximum atomic E-state index is 12.1. The molecule has 2 N–H and O–H groups in total. The number of carbonyl (C=O) groups is 3. The number of carboxylic acid groups (broad SMARTS) is 1. The highest BCUT2D eigenvalue weighted by molar-refractivity contribution is 6.04. The van der Waals surface area contributed by atoms with Crippen molar-refractivity contribution in [3.63, 3.8) is 0 Å². The van der Waals surface area contributed by atoms with Gasteiger partial charge in [0.1, 0.15) is 6.04 Å². The summed E-state index contributed by atoms with van der Waals surface area (Å²) < 4.78 is 0. The number of nitrogens with one attached hydrogen (secondary N) is 1. The quantitative estimate of drug-likeness (QED) is 0.800. The lowest BCUT2D eigenvalue weighted by atomic mass is 10.1. The molecule has 1 atom stereocenters. The van der Waals surface area contributed by atoms with Gasteiger partial charge >= 0.3 is 5.97 Å². The van der Waals surface area contributed by atoms with Crippen LogP contribution in [0.5, 0.6) is 0 Å². The molecule has 112 valence electrons. The zero-order chi connectivity index (χ0) is 15.4. The highest BCUT2D eigenvalue weighted by atomic mass is 16.4. The maximum absolute atomic E-state index is 12.1. The van der Waals surface area contributed by atoms with E-state index in [9.17, 15) is 14.4 Å². The third kappa shape index (κ3) is 3.66. The summed E-state index contributed by atoms with van der Waals surface area (Å²) in [6.45, 7) is 2.05. The fourth-order valence-corrected chi connectivity index (χ4v) is 2.57. The molecule has 0 aromatic heterocycles. The van der Waals surface area contributed by atoms with Crippen molar-refractivity contribution >= 4 is 23.3 Å². The number of benzene rings is 1. The minimum Gasteiger partial charge on any atom is -0.480 e. The fourth-order valence-electron chi connectivity index (χ4n) is 2.57. The van der Waals surface area contributed by atoms with Gasteiger partial charge in [-0.15, -0.1) is 0 Å². The van der Waals surface area contributed by atoms with Crippen LogP contribution in [-0.4, -0.2) is 46.8 Å². The molecule has 6 heteroatoms. The van der Waals surface area contributed by atoms with Gasteiger partial charge in [0.15, 0.2) is 5.78 Å². The average Bonchev–Trinajstić information content (AvgIpc) is 2.87. The first-order valence-electron chi connectivity index (χ1n) is 6.85. The van der Waals surface area contributed by atoms with Gasteiger partial charge in [0.2, 0.25) is 5.91 Å². The monoisotopic (exact) mass is 290 g/mol. The van der Waals surface area contributed by atoms with Crippen LogP contribution in [0.4, 0.5) is 5.69 Å². The Labute approximate surface area is 122 Å². The normalized spacial score (nSPS) is 18.4. The van der Waals surface area contributed by atoms with Crippen molar-refractivity contribution in [3.8, 4) is 0 Å². The minimum absolute atomic E-state index is 0.0171. The molecule has 0 unspecified atom stereocenters. The van der Waals surface area contributed by atoms with Gasteiger partial charge in [-0.25, -0.2) is 0 Å². The van der Waals surface area contributed by atoms with Gasteiger partial charge in [-0.05, 0) is 38.4 Å². The van der Waals surface area contributed by atoms with E-state index in [0.717, 1.165) is 6.42 Å². The minimum atomic E-state index is -0.899. The number of para-hydroxylation sites is 1. The smallest absolute Gasteiger partial charge is 0.320 e. The van der Waals surface area contributed by atoms with Crippen LogP contribution in [0.15, 0.2) is 24.3 Å². The zero-order valence-corrected chi connectivity index (χ0v) is 11.8. The topological polar surface area (TPSA) is 86.7 Å². The lowest BCUT2D eigenvalue weighted by molar-refractivity contribution is -0.142. The van der Waals surface area contributed by atoms with Gasteiger partial charge in [0.05, 0.1) is 12.2 Å². The first-order valence-corrected chi connectivity index (χ1v) is 6.85. The SMILES string of the molecule is CC(=O)c1ccccc1NC(=O)CN1CCC[C@H]1C(=O)O. The lowest BCUT2D eigenvalue weighted by Crippen LogP contribution is -2.41. The van der Waals surface area contributed by atoms with Crippen LogP contribution >= 0.6 is 0 Å². The highest BCUT2D eigenvalue weighted by Crippen LogP contribution is 2.18. The molecule has 6 nitrogen and oxygen atoms in total. The van der Waals surface area contributed by atoms with Gasteiger partial charge in [-0.1, -0.05) is 12.1 Å². The third-order valence-corrected chi connectivity index (χ3v) is 3.58. The average molecular weight is 290 g/mol. The van der Waals surface area contributed by atoms with Gasteiger partial charge < -0.3 is 10.4 Å². The maximum Gasteiger partial charge on any atom is 0.320 e. The Morgan fingerprint density at radius 3 is 2.71 bits per heavy atom. The Bertz CT molecular complexity index is 571. The van der Waals surface area contributed by atoms with E-state index in [1.54, 1.807) is 29.2 Å². The summed E-state index contributed by atoms with van der Waals surface area (Å²) in [5.41, 5.74) is 0.906. The molecule has 1 saturated heterocycles. The molecule has 1 aromatic carbocycles. The molecular weight excluding hydrogens is 272 g/mol. The number of anilines is 1. The van der Waals surface area contributed by atoms with Gasteiger partial charge in [0, 0.05) is 5.56 Å². The van der Waals surface area contributed by atoms with Crippen molar-refractivity contribution < 1.29 is 19.5 Å². The van der Waals surface area contributed by atoms with Crippen LogP contribution in [0.3, 0.4) is 0 Å². The van der Waals surface area contributed by atoms with Crippen molar-refractivity contribution in [2.75, 3.05) is 18.4 Å². The van der Waals surface area contributed by atoms with E-state index in [-0.39, 0.29) is 18.2 Å². The molecule has 1 heterocycles. The number of carboxylic acids is 1. The molecule has 0 saturated carbocycles. The van der Waals surface area contributed by atoms with Crippen molar-refractivity contribution in [2.45, 2.75) is 25.8 Å². The summed E-state index contributed by atoms with van der Waals surface area (Å²) in [6, 6.07) is 6.17. The van der Waals surface area contributed by atoms with E-state index in [1.165, 1.54) is 6.92 Å². The Morgan fingerprint density at radius 2 is 2.05 bits per heavy atom. The number of nitrogens with zero attached hydrogens (tertiary/aromatic N) is 1. The standard InChI is InChI=1S/C15H18N2O4/c1-10(18)11-5-2-3-6-12(11)16-14(19)9-17-8-4-7-13(17)15(20)21/h2-3,5-6,13H,4,7-9H2,1H3,(H,16,19)(H,20,21)/t13-/m0/s1. The molecule has 1 fully saturated rings. The summed E-state index contributed by atoms with van der Waals surface area (Å²) in [5, 5.41) is 11.8. The van der Waals surface area contributed by atoms with Crippen LogP contribution in [0.1, 0.15) is 30.1 Å². The van der Waals surface area contributed by atoms with E-state index in [2.05, 4.69) is 5.32 Å². The number of hydrogen-bond acceptors (Lipinski definition) is 4. The second kappa shape index (κ2) is 6.49. The van der Waals surface area contributed by atoms with E-state index < -0.39 is 12.0 Å². The number of amides is 1. The Hall–Kier alpha value is -2.21. The van der Waals surface area contributed by atoms with E-state index in [4.69, 9.17) is 5.11 Å². The molecule has 1 aliphatic heterocycles. The van der Waals surface area contributed by atoms with Crippen LogP contribution in [0.25, 0.3) is 0 Å². The van der Waals surface area contributed by atoms with Crippen molar-refractivity contribution in [1.82, 2.24) is 4.90 Å². The molecule has 0 aliphatic carbocycles. The Balaban J connectivity index is 2.02. The van der Waals surface area contributed by atoms with E-state index in [0.29, 0.717) is 24.2 Å². The molecule has 0 radical (unpaired) electrons. The van der Waals surface area contributed by atoms with Crippen molar-refractivity contribution in [3.05, 3.63) is 29.8 Å². The summed E-state index contributed by atoms with van der Waals surface area (Å²) in [4.78, 5) is 36.3. The number of rotatable bonds is 5. The van der Waals surface area contributed by atoms with Gasteiger partial charge in [-0.2, -0.15) is 0 Å². The molecule has 1 aliphatic rings. The van der Waals surface area contributed by atoms with Crippen LogP contribution in [0, 0.1) is 0 Å². The van der Waals surface area contributed by atoms with E-state index >= 15 is 0 Å². The number of Topliss-reactive ketones (excluding diaryl/α,β-unsaturated/α-hetero) is 1. The molecule has 0 bridgehead atoms. The second-order valence-electron chi connectivity index (χ2n) is 5.12. The summed E-state index contributed by atoms with van der Waals surface area (Å²) in [6.07, 6.45) is 1.33. The van der Waals surface area contributed by atoms with E-state index in [1.807, 2.05) is 0 Å². The summed E-state index contributed by atoms with van der Waals surface area (Å²) in [7, 11) is 0. The summed E-state index contributed by atoms with van der Waals surface area (Å²) in [5.74, 6) is -1.34. The second-order valence-corrected chi connectivity index (χ2v) is 5.12.